The van der Waals surface area contributed by atoms with E-state index >= 15 is 0 Å². The second-order valence-electron chi connectivity index (χ2n) is 13.3. The monoisotopic (exact) mass is 651 g/mol. The second-order valence-corrected chi connectivity index (χ2v) is 13.3. The van der Waals surface area contributed by atoms with Gasteiger partial charge in [-0.25, -0.2) is 0 Å². The molecule has 51 heavy (non-hydrogen) atoms. The molecule has 11 aromatic rings. The van der Waals surface area contributed by atoms with Crippen molar-refractivity contribution in [2.75, 3.05) is 0 Å². The lowest BCUT2D eigenvalue weighted by molar-refractivity contribution is 0.669. The molecule has 0 unspecified atom stereocenters. The lowest BCUT2D eigenvalue weighted by atomic mass is 9.96. The number of aromatic nitrogens is 1. The Morgan fingerprint density at radius 3 is 1.82 bits per heavy atom. The van der Waals surface area contributed by atoms with E-state index in [0.29, 0.717) is 0 Å². The van der Waals surface area contributed by atoms with Crippen LogP contribution in [-0.2, 0) is 0 Å². The first-order valence-corrected chi connectivity index (χ1v) is 17.3. The third kappa shape index (κ3) is 4.32. The molecule has 3 aromatic heterocycles. The quantitative estimate of drug-likeness (QED) is 0.190. The molecule has 0 atom stereocenters. The first-order chi connectivity index (χ1) is 25.3. The summed E-state index contributed by atoms with van der Waals surface area (Å²) in [6.07, 6.45) is 0. The highest BCUT2D eigenvalue weighted by molar-refractivity contribution is 6.17. The summed E-state index contributed by atoms with van der Waals surface area (Å²) in [7, 11) is 0. The molecule has 3 nitrogen and oxygen atoms in total. The number of benzene rings is 8. The molecule has 238 valence electrons. The smallest absolute Gasteiger partial charge is 0.143 e. The molecule has 0 amide bonds. The highest BCUT2D eigenvalue weighted by Crippen LogP contribution is 2.41. The molecular weight excluding hydrogens is 623 g/mol. The summed E-state index contributed by atoms with van der Waals surface area (Å²) >= 11 is 0. The summed E-state index contributed by atoms with van der Waals surface area (Å²) < 4.78 is 15.4. The van der Waals surface area contributed by atoms with Crippen molar-refractivity contribution in [1.29, 1.82) is 0 Å². The highest BCUT2D eigenvalue weighted by Gasteiger charge is 2.18. The van der Waals surface area contributed by atoms with E-state index in [0.717, 1.165) is 71.7 Å². The molecule has 3 heterocycles. The summed E-state index contributed by atoms with van der Waals surface area (Å²) in [5.74, 6) is 0. The molecular formula is C48H29NO2. The van der Waals surface area contributed by atoms with E-state index in [1.54, 1.807) is 0 Å². The standard InChI is InChI=1S/C48H29NO2/c1-2-10-30(11-3-1)33-12-8-13-34(26-33)31-20-22-32(23-21-31)36-16-9-17-40-39-25-24-35(27-46(39)51-48(36)40)49-43-18-6-4-14-37(43)41-29-47-42(28-44(41)49)38-15-5-7-19-45(38)50-47/h1-29H. The number of nitrogens with zero attached hydrogens (tertiary/aromatic N) is 1. The van der Waals surface area contributed by atoms with Gasteiger partial charge in [-0.2, -0.15) is 0 Å². The molecule has 0 aliphatic rings. The van der Waals surface area contributed by atoms with Crippen LogP contribution in [0.4, 0.5) is 0 Å². The van der Waals surface area contributed by atoms with Crippen LogP contribution < -0.4 is 0 Å². The minimum atomic E-state index is 0.866. The normalized spacial score (nSPS) is 11.9. The zero-order valence-electron chi connectivity index (χ0n) is 27.5. The van der Waals surface area contributed by atoms with E-state index in [9.17, 15) is 0 Å². The van der Waals surface area contributed by atoms with Crippen LogP contribution in [0, 0.1) is 0 Å². The van der Waals surface area contributed by atoms with Crippen molar-refractivity contribution in [2.45, 2.75) is 0 Å². The molecule has 8 aromatic carbocycles. The van der Waals surface area contributed by atoms with Crippen LogP contribution in [0.2, 0.25) is 0 Å². The maximum absolute atomic E-state index is 6.77. The van der Waals surface area contributed by atoms with Crippen LogP contribution in [0.1, 0.15) is 0 Å². The predicted octanol–water partition coefficient (Wildman–Crippen LogP) is 13.6. The summed E-state index contributed by atoms with van der Waals surface area (Å²) in [6.45, 7) is 0. The van der Waals surface area contributed by atoms with Crippen molar-refractivity contribution < 1.29 is 8.83 Å². The number of fused-ring (bicyclic) bond motifs is 9. The minimum absolute atomic E-state index is 0.866. The number of furan rings is 2. The minimum Gasteiger partial charge on any atom is -0.456 e. The zero-order chi connectivity index (χ0) is 33.5. The zero-order valence-corrected chi connectivity index (χ0v) is 27.5. The summed E-state index contributed by atoms with van der Waals surface area (Å²) in [6, 6.07) is 62.5. The van der Waals surface area contributed by atoms with Crippen molar-refractivity contribution in [2.24, 2.45) is 0 Å². The number of hydrogen-bond donors (Lipinski definition) is 0. The van der Waals surface area contributed by atoms with Gasteiger partial charge in [-0.05, 0) is 70.3 Å². The van der Waals surface area contributed by atoms with Crippen molar-refractivity contribution in [3.8, 4) is 39.1 Å². The van der Waals surface area contributed by atoms with Crippen LogP contribution in [0.25, 0.3) is 105 Å². The van der Waals surface area contributed by atoms with Crippen molar-refractivity contribution in [3.63, 3.8) is 0 Å². The van der Waals surface area contributed by atoms with Crippen molar-refractivity contribution in [3.05, 3.63) is 176 Å². The van der Waals surface area contributed by atoms with Crippen LogP contribution in [0.3, 0.4) is 0 Å². The third-order valence-electron chi connectivity index (χ3n) is 10.4. The maximum atomic E-state index is 6.77. The average Bonchev–Trinajstić information content (AvgIpc) is 3.86. The fourth-order valence-corrected chi connectivity index (χ4v) is 7.97. The molecule has 0 aliphatic heterocycles. The van der Waals surface area contributed by atoms with Crippen LogP contribution in [0.5, 0.6) is 0 Å². The van der Waals surface area contributed by atoms with Crippen LogP contribution in [-0.4, -0.2) is 4.57 Å². The predicted molar refractivity (Wildman–Crippen MR) is 212 cm³/mol. The van der Waals surface area contributed by atoms with Gasteiger partial charge in [-0.15, -0.1) is 0 Å². The van der Waals surface area contributed by atoms with Gasteiger partial charge in [-0.1, -0.05) is 127 Å². The molecule has 0 saturated heterocycles. The van der Waals surface area contributed by atoms with Gasteiger partial charge in [0.05, 0.1) is 11.0 Å². The lowest BCUT2D eigenvalue weighted by Crippen LogP contribution is -1.93. The van der Waals surface area contributed by atoms with E-state index in [4.69, 9.17) is 8.83 Å². The van der Waals surface area contributed by atoms with E-state index in [-0.39, 0.29) is 0 Å². The van der Waals surface area contributed by atoms with Crippen LogP contribution >= 0.6 is 0 Å². The first kappa shape index (κ1) is 28.0. The largest absolute Gasteiger partial charge is 0.456 e. The lowest BCUT2D eigenvalue weighted by Gasteiger charge is -2.08. The molecule has 0 radical (unpaired) electrons. The van der Waals surface area contributed by atoms with E-state index in [2.05, 4.69) is 168 Å². The van der Waals surface area contributed by atoms with Gasteiger partial charge in [0.1, 0.15) is 22.3 Å². The highest BCUT2D eigenvalue weighted by atomic mass is 16.3. The Balaban J connectivity index is 1.03. The van der Waals surface area contributed by atoms with Crippen LogP contribution in [0.15, 0.2) is 185 Å². The SMILES string of the molecule is c1ccc(-c2cccc(-c3ccc(-c4cccc5c4oc4cc(-n6c7ccccc7c7cc8oc9ccccc9c8cc76)ccc45)cc3)c2)cc1. The van der Waals surface area contributed by atoms with Gasteiger partial charge < -0.3 is 13.4 Å². The summed E-state index contributed by atoms with van der Waals surface area (Å²) in [5, 5.41) is 6.82. The van der Waals surface area contributed by atoms with E-state index in [1.807, 2.05) is 12.1 Å². The molecule has 0 aliphatic carbocycles. The fourth-order valence-electron chi connectivity index (χ4n) is 7.97. The molecule has 0 spiro atoms. The second kappa shape index (κ2) is 10.8. The summed E-state index contributed by atoms with van der Waals surface area (Å²) in [5.41, 5.74) is 14.0. The first-order valence-electron chi connectivity index (χ1n) is 17.3. The Morgan fingerprint density at radius 2 is 0.961 bits per heavy atom. The van der Waals surface area contributed by atoms with E-state index in [1.165, 1.54) is 33.0 Å². The van der Waals surface area contributed by atoms with Crippen molar-refractivity contribution in [1.82, 2.24) is 4.57 Å². The van der Waals surface area contributed by atoms with Gasteiger partial charge in [0.15, 0.2) is 0 Å². The molecule has 0 fully saturated rings. The van der Waals surface area contributed by atoms with Gasteiger partial charge in [0.2, 0.25) is 0 Å². The van der Waals surface area contributed by atoms with Crippen molar-refractivity contribution >= 4 is 65.7 Å². The molecule has 11 rings (SSSR count). The molecule has 0 N–H and O–H groups in total. The number of para-hydroxylation sites is 3. The summed E-state index contributed by atoms with van der Waals surface area (Å²) in [4.78, 5) is 0. The maximum Gasteiger partial charge on any atom is 0.143 e. The van der Waals surface area contributed by atoms with Gasteiger partial charge in [-0.3, -0.25) is 0 Å². The fraction of sp³-hybridized carbons (Fsp3) is 0. The Bertz CT molecular complexity index is 3120. The molecule has 0 saturated carbocycles. The van der Waals surface area contributed by atoms with Gasteiger partial charge >= 0.3 is 0 Å². The van der Waals surface area contributed by atoms with E-state index < -0.39 is 0 Å². The molecule has 3 heteroatoms. The number of hydrogen-bond acceptors (Lipinski definition) is 2. The Morgan fingerprint density at radius 1 is 0.314 bits per heavy atom. The third-order valence-corrected chi connectivity index (χ3v) is 10.4. The average molecular weight is 652 g/mol. The van der Waals surface area contributed by atoms with Gasteiger partial charge in [0.25, 0.3) is 0 Å². The Labute approximate surface area is 293 Å². The number of rotatable bonds is 4. The Kier molecular flexibility index (Phi) is 5.96. The topological polar surface area (TPSA) is 31.2 Å². The molecule has 0 bridgehead atoms. The Hall–Kier alpha value is -6.84. The van der Waals surface area contributed by atoms with Gasteiger partial charge in [0, 0.05) is 49.6 Å².